The Morgan fingerprint density at radius 2 is 1.60 bits per heavy atom. The molecule has 2 aromatic carbocycles. The molecule has 0 atom stereocenters. The lowest BCUT2D eigenvalue weighted by atomic mass is 10.1. The number of nitrogens with zero attached hydrogens (tertiary/aromatic N) is 3. The van der Waals surface area contributed by atoms with Gasteiger partial charge in [0.1, 0.15) is 5.76 Å². The molecule has 5 heteroatoms. The van der Waals surface area contributed by atoms with E-state index in [1.165, 1.54) is 6.92 Å². The highest BCUT2D eigenvalue weighted by atomic mass is 16.3. The Morgan fingerprint density at radius 3 is 2.12 bits per heavy atom. The van der Waals surface area contributed by atoms with Crippen LogP contribution < -0.4 is 0 Å². The van der Waals surface area contributed by atoms with E-state index in [1.54, 1.807) is 17.0 Å². The summed E-state index contributed by atoms with van der Waals surface area (Å²) >= 11 is 0. The van der Waals surface area contributed by atoms with Crippen LogP contribution in [-0.2, 0) is 11.3 Å². The molecule has 0 bridgehead atoms. The smallest absolute Gasteiger partial charge is 0.278 e. The van der Waals surface area contributed by atoms with Crippen molar-refractivity contribution in [3.05, 3.63) is 77.7 Å². The van der Waals surface area contributed by atoms with Crippen molar-refractivity contribution in [2.45, 2.75) is 33.4 Å². The van der Waals surface area contributed by atoms with Gasteiger partial charge in [-0.05, 0) is 38.5 Å². The zero-order valence-corrected chi connectivity index (χ0v) is 14.8. The number of aliphatic hydroxyl groups is 1. The fourth-order valence-corrected chi connectivity index (χ4v) is 2.28. The monoisotopic (exact) mass is 337 g/mol. The molecule has 1 N–H and O–H groups in total. The van der Waals surface area contributed by atoms with Crippen LogP contribution in [0.5, 0.6) is 0 Å². The second-order valence-electron chi connectivity index (χ2n) is 5.98. The Labute approximate surface area is 148 Å². The summed E-state index contributed by atoms with van der Waals surface area (Å²) in [6.45, 7) is 5.74. The van der Waals surface area contributed by atoms with Crippen LogP contribution in [0.15, 0.2) is 82.3 Å². The largest absolute Gasteiger partial charge is 0.510 e. The van der Waals surface area contributed by atoms with Crippen molar-refractivity contribution >= 4 is 11.6 Å². The van der Waals surface area contributed by atoms with E-state index in [0.717, 1.165) is 5.56 Å². The standard InChI is InChI=1S/C20H23N3O2/c1-15(2)23(14-17-10-6-4-7-11-17)20(25)19(16(3)24)22-21-18-12-8-5-9-13-18/h4-13,15,24H,14H2,1-3H3. The summed E-state index contributed by atoms with van der Waals surface area (Å²) in [5.41, 5.74) is 1.58. The average Bonchev–Trinajstić information content (AvgIpc) is 2.61. The lowest BCUT2D eigenvalue weighted by molar-refractivity contribution is -0.129. The van der Waals surface area contributed by atoms with Crippen LogP contribution in [0.3, 0.4) is 0 Å². The normalized spacial score (nSPS) is 12.3. The van der Waals surface area contributed by atoms with Crippen LogP contribution >= 0.6 is 0 Å². The van der Waals surface area contributed by atoms with Crippen LogP contribution in [0.25, 0.3) is 0 Å². The van der Waals surface area contributed by atoms with E-state index in [4.69, 9.17) is 0 Å². The van der Waals surface area contributed by atoms with Crippen molar-refractivity contribution in [3.8, 4) is 0 Å². The number of carbonyl (C=O) groups excluding carboxylic acids is 1. The van der Waals surface area contributed by atoms with Gasteiger partial charge in [-0.2, -0.15) is 5.11 Å². The molecule has 0 unspecified atom stereocenters. The number of allylic oxidation sites excluding steroid dienone is 1. The maximum atomic E-state index is 12.9. The van der Waals surface area contributed by atoms with Gasteiger partial charge in [0.2, 0.25) is 0 Å². The molecular weight excluding hydrogens is 314 g/mol. The summed E-state index contributed by atoms with van der Waals surface area (Å²) in [6, 6.07) is 18.8. The Morgan fingerprint density at radius 1 is 1.04 bits per heavy atom. The molecule has 130 valence electrons. The second-order valence-corrected chi connectivity index (χ2v) is 5.98. The molecule has 25 heavy (non-hydrogen) atoms. The van der Waals surface area contributed by atoms with E-state index in [9.17, 15) is 9.90 Å². The van der Waals surface area contributed by atoms with Gasteiger partial charge in [0.05, 0.1) is 5.69 Å². The summed E-state index contributed by atoms with van der Waals surface area (Å²) in [5.74, 6) is -0.498. The molecule has 0 aliphatic carbocycles. The van der Waals surface area contributed by atoms with Crippen molar-refractivity contribution < 1.29 is 9.90 Å². The number of azo groups is 1. The molecule has 0 aliphatic rings. The predicted octanol–water partition coefficient (Wildman–Crippen LogP) is 5.00. The van der Waals surface area contributed by atoms with E-state index in [0.29, 0.717) is 12.2 Å². The molecule has 0 radical (unpaired) electrons. The molecule has 2 aromatic rings. The fraction of sp³-hybridized carbons (Fsp3) is 0.250. The molecule has 0 aromatic heterocycles. The number of aliphatic hydroxyl groups excluding tert-OH is 1. The SMILES string of the molecule is CC(O)=C(N=Nc1ccccc1)C(=O)N(Cc1ccccc1)C(C)C. The van der Waals surface area contributed by atoms with Crippen molar-refractivity contribution in [1.82, 2.24) is 4.90 Å². The van der Waals surface area contributed by atoms with Crippen LogP contribution in [0.4, 0.5) is 5.69 Å². The third-order valence-electron chi connectivity index (χ3n) is 3.65. The number of hydrogen-bond acceptors (Lipinski definition) is 4. The summed E-state index contributed by atoms with van der Waals surface area (Å²) < 4.78 is 0. The van der Waals surface area contributed by atoms with Gasteiger partial charge in [-0.1, -0.05) is 48.5 Å². The van der Waals surface area contributed by atoms with Crippen molar-refractivity contribution in [2.75, 3.05) is 0 Å². The molecule has 0 spiro atoms. The van der Waals surface area contributed by atoms with Gasteiger partial charge >= 0.3 is 0 Å². The predicted molar refractivity (Wildman–Crippen MR) is 98.4 cm³/mol. The van der Waals surface area contributed by atoms with Crippen molar-refractivity contribution in [2.24, 2.45) is 10.2 Å². The summed E-state index contributed by atoms with van der Waals surface area (Å²) in [6.07, 6.45) is 0. The van der Waals surface area contributed by atoms with E-state index in [-0.39, 0.29) is 23.4 Å². The van der Waals surface area contributed by atoms with Gasteiger partial charge in [0.25, 0.3) is 5.91 Å². The molecule has 2 rings (SSSR count). The Hall–Kier alpha value is -2.95. The highest BCUT2D eigenvalue weighted by Crippen LogP contribution is 2.18. The molecule has 1 amide bonds. The van der Waals surface area contributed by atoms with E-state index < -0.39 is 0 Å². The van der Waals surface area contributed by atoms with Gasteiger partial charge < -0.3 is 10.0 Å². The third kappa shape index (κ3) is 5.28. The molecular formula is C20H23N3O2. The van der Waals surface area contributed by atoms with Gasteiger partial charge in [-0.3, -0.25) is 4.79 Å². The molecule has 0 heterocycles. The quantitative estimate of drug-likeness (QED) is 0.458. The van der Waals surface area contributed by atoms with Gasteiger partial charge in [-0.25, -0.2) is 0 Å². The molecule has 0 fully saturated rings. The van der Waals surface area contributed by atoms with Crippen LogP contribution in [0, 0.1) is 0 Å². The molecule has 5 nitrogen and oxygen atoms in total. The van der Waals surface area contributed by atoms with Gasteiger partial charge in [0.15, 0.2) is 5.70 Å². The lowest BCUT2D eigenvalue weighted by Gasteiger charge is -2.26. The third-order valence-corrected chi connectivity index (χ3v) is 3.65. The highest BCUT2D eigenvalue weighted by Gasteiger charge is 2.23. The number of amides is 1. The minimum absolute atomic E-state index is 0.0472. The second kappa shape index (κ2) is 8.78. The Bertz CT molecular complexity index is 749. The van der Waals surface area contributed by atoms with E-state index >= 15 is 0 Å². The number of benzene rings is 2. The first-order chi connectivity index (χ1) is 12.0. The zero-order chi connectivity index (χ0) is 18.2. The van der Waals surface area contributed by atoms with Gasteiger partial charge in [-0.15, -0.1) is 5.11 Å². The van der Waals surface area contributed by atoms with Crippen LogP contribution in [0.2, 0.25) is 0 Å². The first-order valence-corrected chi connectivity index (χ1v) is 8.20. The summed E-state index contributed by atoms with van der Waals surface area (Å²) in [4.78, 5) is 14.6. The Kier molecular flexibility index (Phi) is 6.46. The highest BCUT2D eigenvalue weighted by molar-refractivity contribution is 5.93. The number of hydrogen-bond donors (Lipinski definition) is 1. The van der Waals surface area contributed by atoms with E-state index in [1.807, 2.05) is 62.4 Å². The van der Waals surface area contributed by atoms with Gasteiger partial charge in [0, 0.05) is 12.6 Å². The number of carbonyl (C=O) groups is 1. The van der Waals surface area contributed by atoms with Crippen LogP contribution in [-0.4, -0.2) is 22.0 Å². The van der Waals surface area contributed by atoms with Crippen molar-refractivity contribution in [3.63, 3.8) is 0 Å². The minimum atomic E-state index is -0.349. The average molecular weight is 337 g/mol. The number of rotatable bonds is 6. The Balaban J connectivity index is 2.25. The zero-order valence-electron chi connectivity index (χ0n) is 14.8. The van der Waals surface area contributed by atoms with E-state index in [2.05, 4.69) is 10.2 Å². The van der Waals surface area contributed by atoms with Crippen LogP contribution in [0.1, 0.15) is 26.3 Å². The summed E-state index contributed by atoms with van der Waals surface area (Å²) in [5, 5.41) is 18.0. The molecule has 0 saturated heterocycles. The molecule has 0 aliphatic heterocycles. The maximum Gasteiger partial charge on any atom is 0.278 e. The topological polar surface area (TPSA) is 65.3 Å². The van der Waals surface area contributed by atoms with Crippen molar-refractivity contribution in [1.29, 1.82) is 0 Å². The fourth-order valence-electron chi connectivity index (χ4n) is 2.28. The summed E-state index contributed by atoms with van der Waals surface area (Å²) in [7, 11) is 0. The first kappa shape index (κ1) is 18.4. The lowest BCUT2D eigenvalue weighted by Crippen LogP contribution is -2.37. The maximum absolute atomic E-state index is 12.9. The first-order valence-electron chi connectivity index (χ1n) is 8.20. The molecule has 0 saturated carbocycles. The minimum Gasteiger partial charge on any atom is -0.510 e.